The third-order valence-corrected chi connectivity index (χ3v) is 1.99. The number of rotatable bonds is 4. The number of benzene rings is 1. The molecule has 0 fully saturated rings. The van der Waals surface area contributed by atoms with E-state index < -0.39 is 0 Å². The highest BCUT2D eigenvalue weighted by atomic mass is 31.1. The van der Waals surface area contributed by atoms with Crippen molar-refractivity contribution in [2.45, 2.75) is 13.3 Å². The fraction of sp³-hybridized carbons (Fsp3) is 0.333. The first-order valence-electron chi connectivity index (χ1n) is 3.93. The number of hydrogen-bond donors (Lipinski definition) is 0. The minimum atomic E-state index is 0.0180. The average Bonchev–Trinajstić information content (AvgIpc) is 2.15. The summed E-state index contributed by atoms with van der Waals surface area (Å²) in [6, 6.07) is 7.34. The third-order valence-electron chi connectivity index (χ3n) is 1.43. The predicted molar refractivity (Wildman–Crippen MR) is 49.5 cm³/mol. The molecule has 0 aliphatic heterocycles. The molecule has 0 radical (unpaired) electrons. The molecule has 1 rings (SSSR count). The molecule has 12 heavy (non-hydrogen) atoms. The summed E-state index contributed by atoms with van der Waals surface area (Å²) in [5, 5.41) is 0.714. The Balaban J connectivity index is 2.75. The molecule has 0 heterocycles. The van der Waals surface area contributed by atoms with Crippen LogP contribution < -0.4 is 10.0 Å². The molecule has 1 aromatic carbocycles. The molecule has 0 bridgehead atoms. The molecule has 0 spiro atoms. The second-order valence-corrected chi connectivity index (χ2v) is 3.07. The van der Waals surface area contributed by atoms with Crippen molar-refractivity contribution in [3.63, 3.8) is 0 Å². The summed E-state index contributed by atoms with van der Waals surface area (Å²) < 4.78 is 16.0. The first-order valence-corrected chi connectivity index (χ1v) is 4.75. The highest BCUT2D eigenvalue weighted by Crippen LogP contribution is 2.12. The summed E-state index contributed by atoms with van der Waals surface area (Å²) in [4.78, 5) is 0. The molecule has 0 aliphatic rings. The van der Waals surface area contributed by atoms with Gasteiger partial charge in [0.1, 0.15) is 5.75 Å². The zero-order valence-corrected chi connectivity index (χ0v) is 7.88. The Kier molecular flexibility index (Phi) is 3.75. The predicted octanol–water partition coefficient (Wildman–Crippen LogP) is 2.39. The lowest BCUT2D eigenvalue weighted by atomic mass is 10.3. The van der Waals surface area contributed by atoms with Gasteiger partial charge >= 0.3 is 0 Å². The Morgan fingerprint density at radius 2 is 2.17 bits per heavy atom. The normalized spacial score (nSPS) is 10.1. The lowest BCUT2D eigenvalue weighted by Gasteiger charge is -2.04. The molecular weight excluding hydrogens is 171 g/mol. The molecule has 64 valence electrons. The van der Waals surface area contributed by atoms with Crippen molar-refractivity contribution in [1.29, 1.82) is 0 Å². The standard InChI is InChI=1S/C9H11O2P/c1-2-7-11-8-5-3-4-6-9(8)12-10/h3-6H,2,7H2,1H3. The molecule has 0 amide bonds. The molecule has 0 aliphatic carbocycles. The van der Waals surface area contributed by atoms with Gasteiger partial charge in [-0.2, -0.15) is 0 Å². The van der Waals surface area contributed by atoms with Gasteiger partial charge in [0.2, 0.25) is 0 Å². The fourth-order valence-corrected chi connectivity index (χ4v) is 1.24. The van der Waals surface area contributed by atoms with Crippen LogP contribution in [0.1, 0.15) is 13.3 Å². The first kappa shape index (κ1) is 9.21. The van der Waals surface area contributed by atoms with E-state index in [1.165, 1.54) is 0 Å². The Labute approximate surface area is 73.8 Å². The summed E-state index contributed by atoms with van der Waals surface area (Å²) in [5.41, 5.74) is 0. The SMILES string of the molecule is CCCOc1ccccc1P=O. The van der Waals surface area contributed by atoms with Crippen molar-refractivity contribution >= 4 is 13.8 Å². The van der Waals surface area contributed by atoms with Gasteiger partial charge < -0.3 is 4.74 Å². The van der Waals surface area contributed by atoms with Gasteiger partial charge in [0.25, 0.3) is 0 Å². The molecule has 0 saturated carbocycles. The van der Waals surface area contributed by atoms with Crippen molar-refractivity contribution in [2.75, 3.05) is 6.61 Å². The van der Waals surface area contributed by atoms with Gasteiger partial charge in [-0.3, -0.25) is 4.57 Å². The van der Waals surface area contributed by atoms with Crippen LogP contribution in [0.15, 0.2) is 24.3 Å². The Hall–Kier alpha value is -0.880. The van der Waals surface area contributed by atoms with Crippen LogP contribution in [0.25, 0.3) is 0 Å². The first-order chi connectivity index (χ1) is 5.88. The average molecular weight is 182 g/mol. The molecule has 0 saturated heterocycles. The third kappa shape index (κ3) is 2.31. The van der Waals surface area contributed by atoms with E-state index in [2.05, 4.69) is 0 Å². The second kappa shape index (κ2) is 4.89. The molecule has 1 aromatic rings. The van der Waals surface area contributed by atoms with Crippen molar-refractivity contribution < 1.29 is 9.30 Å². The quantitative estimate of drug-likeness (QED) is 0.668. The highest BCUT2D eigenvalue weighted by Gasteiger charge is 2.00. The molecule has 0 aromatic heterocycles. The number of para-hydroxylation sites is 1. The van der Waals surface area contributed by atoms with E-state index >= 15 is 0 Å². The van der Waals surface area contributed by atoms with Crippen LogP contribution in [0.3, 0.4) is 0 Å². The van der Waals surface area contributed by atoms with Gasteiger partial charge in [-0.25, -0.2) is 0 Å². The van der Waals surface area contributed by atoms with E-state index in [0.717, 1.165) is 12.2 Å². The van der Waals surface area contributed by atoms with Crippen LogP contribution >= 0.6 is 8.46 Å². The minimum absolute atomic E-state index is 0.0180. The zero-order chi connectivity index (χ0) is 8.81. The fourth-order valence-electron chi connectivity index (χ4n) is 0.867. The molecule has 0 unspecified atom stereocenters. The lowest BCUT2D eigenvalue weighted by Crippen LogP contribution is -2.03. The monoisotopic (exact) mass is 182 g/mol. The van der Waals surface area contributed by atoms with E-state index in [-0.39, 0.29) is 8.46 Å². The Morgan fingerprint density at radius 3 is 2.83 bits per heavy atom. The number of hydrogen-bond acceptors (Lipinski definition) is 2. The summed E-state index contributed by atoms with van der Waals surface area (Å²) in [7, 11) is 0.0180. The maximum Gasteiger partial charge on any atom is 0.196 e. The van der Waals surface area contributed by atoms with E-state index in [1.54, 1.807) is 6.07 Å². The lowest BCUT2D eigenvalue weighted by molar-refractivity contribution is 0.320. The van der Waals surface area contributed by atoms with E-state index in [4.69, 9.17) is 4.74 Å². The van der Waals surface area contributed by atoms with E-state index in [0.29, 0.717) is 11.9 Å². The highest BCUT2D eigenvalue weighted by molar-refractivity contribution is 7.34. The van der Waals surface area contributed by atoms with Gasteiger partial charge in [-0.15, -0.1) is 0 Å². The number of ether oxygens (including phenoxy) is 1. The maximum atomic E-state index is 10.6. The van der Waals surface area contributed by atoms with Crippen molar-refractivity contribution in [1.82, 2.24) is 0 Å². The van der Waals surface area contributed by atoms with Gasteiger partial charge in [0.15, 0.2) is 8.46 Å². The zero-order valence-electron chi connectivity index (χ0n) is 6.99. The van der Waals surface area contributed by atoms with E-state index in [1.807, 2.05) is 25.1 Å². The van der Waals surface area contributed by atoms with Gasteiger partial charge in [0, 0.05) is 0 Å². The van der Waals surface area contributed by atoms with Crippen LogP contribution in [0.5, 0.6) is 5.75 Å². The van der Waals surface area contributed by atoms with Crippen LogP contribution in [-0.2, 0) is 4.57 Å². The minimum Gasteiger partial charge on any atom is -0.492 e. The largest absolute Gasteiger partial charge is 0.492 e. The van der Waals surface area contributed by atoms with Crippen molar-refractivity contribution in [3.8, 4) is 5.75 Å². The molecule has 2 nitrogen and oxygen atoms in total. The van der Waals surface area contributed by atoms with Gasteiger partial charge in [-0.1, -0.05) is 19.1 Å². The van der Waals surface area contributed by atoms with Gasteiger partial charge in [0.05, 0.1) is 11.9 Å². The molecular formula is C9H11O2P. The summed E-state index contributed by atoms with van der Waals surface area (Å²) in [6.45, 7) is 2.71. The molecule has 0 N–H and O–H groups in total. The summed E-state index contributed by atoms with van der Waals surface area (Å²) in [5.74, 6) is 0.719. The summed E-state index contributed by atoms with van der Waals surface area (Å²) >= 11 is 0. The molecule has 3 heteroatoms. The van der Waals surface area contributed by atoms with Crippen LogP contribution in [0.4, 0.5) is 0 Å². The van der Waals surface area contributed by atoms with Gasteiger partial charge in [-0.05, 0) is 18.6 Å². The Morgan fingerprint density at radius 1 is 1.42 bits per heavy atom. The van der Waals surface area contributed by atoms with Crippen molar-refractivity contribution in [3.05, 3.63) is 24.3 Å². The maximum absolute atomic E-state index is 10.6. The van der Waals surface area contributed by atoms with Crippen molar-refractivity contribution in [2.24, 2.45) is 0 Å². The second-order valence-electron chi connectivity index (χ2n) is 2.41. The van der Waals surface area contributed by atoms with Crippen LogP contribution in [0.2, 0.25) is 0 Å². The summed E-state index contributed by atoms with van der Waals surface area (Å²) in [6.07, 6.45) is 0.962. The molecule has 0 atom stereocenters. The topological polar surface area (TPSA) is 26.3 Å². The Bertz CT molecular complexity index is 260. The van der Waals surface area contributed by atoms with E-state index in [9.17, 15) is 4.57 Å². The smallest absolute Gasteiger partial charge is 0.196 e. The van der Waals surface area contributed by atoms with Crippen LogP contribution in [0, 0.1) is 0 Å². The van der Waals surface area contributed by atoms with Crippen LogP contribution in [-0.4, -0.2) is 6.61 Å².